The predicted octanol–water partition coefficient (Wildman–Crippen LogP) is 4.47. The van der Waals surface area contributed by atoms with Gasteiger partial charge in [-0.1, -0.05) is 59.7 Å². The molecule has 0 spiro atoms. The second kappa shape index (κ2) is 8.28. The molecule has 0 aromatic carbocycles. The van der Waals surface area contributed by atoms with Crippen LogP contribution in [0.15, 0.2) is 4.66 Å². The van der Waals surface area contributed by atoms with Crippen LogP contribution < -0.4 is 0 Å². The van der Waals surface area contributed by atoms with Crippen LogP contribution in [-0.2, 0) is 0 Å². The SMILES string of the molecule is CC[Si](CC)(CC)N=CC(O)[Si](CC)(CC)CC. The summed E-state index contributed by atoms with van der Waals surface area (Å²) in [7, 11) is -3.00. The summed E-state index contributed by atoms with van der Waals surface area (Å²) in [6.45, 7) is 13.5. The molecule has 0 saturated heterocycles. The molecule has 18 heavy (non-hydrogen) atoms. The summed E-state index contributed by atoms with van der Waals surface area (Å²) in [6, 6.07) is 7.07. The Morgan fingerprint density at radius 2 is 1.22 bits per heavy atom. The molecule has 0 radical (unpaired) electrons. The molecule has 0 saturated carbocycles. The summed E-state index contributed by atoms with van der Waals surface area (Å²) in [6.07, 6.45) is 1.95. The summed E-state index contributed by atoms with van der Waals surface area (Å²) >= 11 is 0. The van der Waals surface area contributed by atoms with Crippen LogP contribution in [0.3, 0.4) is 0 Å². The number of hydrogen-bond acceptors (Lipinski definition) is 2. The van der Waals surface area contributed by atoms with Crippen LogP contribution in [0.1, 0.15) is 41.5 Å². The second-order valence-electron chi connectivity index (χ2n) is 5.43. The highest BCUT2D eigenvalue weighted by atomic mass is 28.3. The third-order valence-electron chi connectivity index (χ3n) is 5.20. The molecule has 0 amide bonds. The van der Waals surface area contributed by atoms with Crippen molar-refractivity contribution in [1.29, 1.82) is 0 Å². The first-order chi connectivity index (χ1) is 8.49. The summed E-state index contributed by atoms with van der Waals surface area (Å²) in [5.74, 6) is 0. The molecule has 0 aliphatic carbocycles. The Labute approximate surface area is 116 Å². The van der Waals surface area contributed by atoms with Gasteiger partial charge in [-0.15, -0.1) is 0 Å². The molecular formula is C14H33NOSi2. The Kier molecular flexibility index (Phi) is 8.31. The van der Waals surface area contributed by atoms with E-state index in [0.29, 0.717) is 0 Å². The molecule has 0 heterocycles. The Hall–Kier alpha value is 0.0638. The topological polar surface area (TPSA) is 32.6 Å². The van der Waals surface area contributed by atoms with E-state index in [1.54, 1.807) is 0 Å². The van der Waals surface area contributed by atoms with Crippen molar-refractivity contribution in [1.82, 2.24) is 0 Å². The van der Waals surface area contributed by atoms with Crippen LogP contribution in [0.2, 0.25) is 36.3 Å². The maximum Gasteiger partial charge on any atom is 0.180 e. The molecule has 0 aromatic heterocycles. The van der Waals surface area contributed by atoms with Crippen LogP contribution in [0, 0.1) is 0 Å². The van der Waals surface area contributed by atoms with Crippen molar-refractivity contribution in [3.8, 4) is 0 Å². The zero-order chi connectivity index (χ0) is 14.2. The molecular weight excluding hydrogens is 254 g/mol. The number of aliphatic hydroxyl groups is 1. The van der Waals surface area contributed by atoms with Gasteiger partial charge in [0.25, 0.3) is 0 Å². The Balaban J connectivity index is 4.96. The van der Waals surface area contributed by atoms with E-state index in [1.165, 1.54) is 18.1 Å². The minimum atomic E-state index is -1.53. The van der Waals surface area contributed by atoms with Crippen molar-refractivity contribution in [2.24, 2.45) is 4.66 Å². The minimum absolute atomic E-state index is 0.242. The zero-order valence-electron chi connectivity index (χ0n) is 13.3. The van der Waals surface area contributed by atoms with Gasteiger partial charge < -0.3 is 9.76 Å². The molecule has 0 bridgehead atoms. The molecule has 0 aliphatic rings. The standard InChI is InChI=1S/C14H33NOSi2/c1-7-17(8-2,9-3)14(16)13-15-18(10-4,11-5)12-6/h13-14,16H,7-12H2,1-6H3. The van der Waals surface area contributed by atoms with Crippen molar-refractivity contribution in [2.45, 2.75) is 83.5 Å². The summed E-state index contributed by atoms with van der Waals surface area (Å²) in [5, 5.41) is 10.5. The Morgan fingerprint density at radius 3 is 1.50 bits per heavy atom. The molecule has 2 nitrogen and oxygen atoms in total. The van der Waals surface area contributed by atoms with E-state index in [2.05, 4.69) is 41.5 Å². The number of hydrogen-bond donors (Lipinski definition) is 1. The smallest absolute Gasteiger partial charge is 0.180 e. The fourth-order valence-corrected chi connectivity index (χ4v) is 8.59. The van der Waals surface area contributed by atoms with Gasteiger partial charge in [-0.25, -0.2) is 0 Å². The van der Waals surface area contributed by atoms with E-state index >= 15 is 0 Å². The van der Waals surface area contributed by atoms with E-state index in [4.69, 9.17) is 4.66 Å². The number of rotatable bonds is 9. The Morgan fingerprint density at radius 1 is 0.833 bits per heavy atom. The lowest BCUT2D eigenvalue weighted by Crippen LogP contribution is -2.47. The predicted molar refractivity (Wildman–Crippen MR) is 88.9 cm³/mol. The maximum absolute atomic E-state index is 10.5. The van der Waals surface area contributed by atoms with E-state index in [1.807, 2.05) is 6.21 Å². The second-order valence-corrected chi connectivity index (χ2v) is 15.7. The van der Waals surface area contributed by atoms with Gasteiger partial charge in [-0.2, -0.15) is 0 Å². The molecule has 0 aromatic rings. The molecule has 1 atom stereocenters. The summed E-state index contributed by atoms with van der Waals surface area (Å²) in [5.41, 5.74) is -0.242. The van der Waals surface area contributed by atoms with Gasteiger partial charge >= 0.3 is 0 Å². The third kappa shape index (κ3) is 4.03. The molecule has 0 aliphatic heterocycles. The van der Waals surface area contributed by atoms with Crippen LogP contribution in [0.5, 0.6) is 0 Å². The quantitative estimate of drug-likeness (QED) is 0.492. The van der Waals surface area contributed by atoms with E-state index in [9.17, 15) is 5.11 Å². The van der Waals surface area contributed by atoms with Gasteiger partial charge in [0.15, 0.2) is 8.24 Å². The van der Waals surface area contributed by atoms with E-state index in [-0.39, 0.29) is 5.73 Å². The van der Waals surface area contributed by atoms with Gasteiger partial charge in [0, 0.05) is 6.21 Å². The lowest BCUT2D eigenvalue weighted by molar-refractivity contribution is 0.309. The van der Waals surface area contributed by atoms with Crippen molar-refractivity contribution in [2.75, 3.05) is 0 Å². The third-order valence-corrected chi connectivity index (χ3v) is 15.5. The van der Waals surface area contributed by atoms with Crippen molar-refractivity contribution in [3.05, 3.63) is 0 Å². The van der Waals surface area contributed by atoms with Gasteiger partial charge in [-0.05, 0) is 18.1 Å². The average molecular weight is 288 g/mol. The highest BCUT2D eigenvalue weighted by Gasteiger charge is 2.35. The molecule has 4 heteroatoms. The molecule has 1 N–H and O–H groups in total. The van der Waals surface area contributed by atoms with Gasteiger partial charge in [0.2, 0.25) is 0 Å². The normalized spacial score (nSPS) is 15.3. The minimum Gasteiger partial charge on any atom is -0.391 e. The molecule has 0 fully saturated rings. The monoisotopic (exact) mass is 287 g/mol. The summed E-state index contributed by atoms with van der Waals surface area (Å²) in [4.78, 5) is 0. The first kappa shape index (κ1) is 18.1. The van der Waals surface area contributed by atoms with Crippen molar-refractivity contribution < 1.29 is 5.11 Å². The highest BCUT2D eigenvalue weighted by Crippen LogP contribution is 2.25. The highest BCUT2D eigenvalue weighted by molar-refractivity contribution is 6.84. The van der Waals surface area contributed by atoms with E-state index < -0.39 is 16.3 Å². The number of aliphatic hydroxyl groups excluding tert-OH is 1. The largest absolute Gasteiger partial charge is 0.391 e. The number of nitrogens with zero attached hydrogens (tertiary/aromatic N) is 1. The molecule has 1 unspecified atom stereocenters. The molecule has 0 rings (SSSR count). The zero-order valence-corrected chi connectivity index (χ0v) is 15.3. The van der Waals surface area contributed by atoms with Crippen molar-refractivity contribution >= 4 is 22.5 Å². The first-order valence-corrected chi connectivity index (χ1v) is 13.0. The van der Waals surface area contributed by atoms with Crippen LogP contribution >= 0.6 is 0 Å². The fourth-order valence-electron chi connectivity index (χ4n) is 2.79. The van der Waals surface area contributed by atoms with Crippen LogP contribution in [-0.4, -0.2) is 33.4 Å². The summed E-state index contributed by atoms with van der Waals surface area (Å²) < 4.78 is 4.92. The lowest BCUT2D eigenvalue weighted by atomic mass is 10.8. The van der Waals surface area contributed by atoms with Crippen molar-refractivity contribution in [3.63, 3.8) is 0 Å². The van der Waals surface area contributed by atoms with Gasteiger partial charge in [0.05, 0.1) is 13.8 Å². The van der Waals surface area contributed by atoms with Crippen LogP contribution in [0.25, 0.3) is 0 Å². The Bertz CT molecular complexity index is 232. The van der Waals surface area contributed by atoms with Gasteiger partial charge in [-0.3, -0.25) is 0 Å². The average Bonchev–Trinajstić information content (AvgIpc) is 2.43. The fraction of sp³-hybridized carbons (Fsp3) is 0.929. The molecule has 108 valence electrons. The first-order valence-electron chi connectivity index (χ1n) is 7.73. The van der Waals surface area contributed by atoms with E-state index in [0.717, 1.165) is 18.1 Å². The maximum atomic E-state index is 10.5. The lowest BCUT2D eigenvalue weighted by Gasteiger charge is -2.32. The van der Waals surface area contributed by atoms with Gasteiger partial charge in [0.1, 0.15) is 0 Å². The van der Waals surface area contributed by atoms with Crippen LogP contribution in [0.4, 0.5) is 0 Å².